The molecule has 14 heavy (non-hydrogen) atoms. The molecule has 0 fully saturated rings. The molecule has 1 heterocycles. The van der Waals surface area contributed by atoms with E-state index >= 15 is 0 Å². The summed E-state index contributed by atoms with van der Waals surface area (Å²) in [5, 5.41) is 16.4. The van der Waals surface area contributed by atoms with Gasteiger partial charge in [-0.15, -0.1) is 0 Å². The van der Waals surface area contributed by atoms with E-state index in [0.29, 0.717) is 5.75 Å². The maximum atomic E-state index is 9.77. The van der Waals surface area contributed by atoms with Crippen molar-refractivity contribution < 1.29 is 5.11 Å². The summed E-state index contributed by atoms with van der Waals surface area (Å²) in [6.07, 6.45) is 1.03. The van der Waals surface area contributed by atoms with Crippen molar-refractivity contribution in [3.05, 3.63) is 23.8 Å². The van der Waals surface area contributed by atoms with Gasteiger partial charge < -0.3 is 15.7 Å². The zero-order chi connectivity index (χ0) is 9.97. The number of aromatic hydroxyl groups is 1. The first kappa shape index (κ1) is 9.34. The third-order valence-corrected chi connectivity index (χ3v) is 2.63. The van der Waals surface area contributed by atoms with Gasteiger partial charge in [-0.05, 0) is 25.1 Å². The molecule has 0 aromatic heterocycles. The maximum absolute atomic E-state index is 9.77. The molecular weight excluding hydrogens is 176 g/mol. The van der Waals surface area contributed by atoms with Crippen molar-refractivity contribution in [1.82, 2.24) is 5.32 Å². The predicted octanol–water partition coefficient (Wildman–Crippen LogP) is 1.86. The Morgan fingerprint density at radius 3 is 3.21 bits per heavy atom. The molecule has 1 unspecified atom stereocenters. The molecule has 3 heteroatoms. The van der Waals surface area contributed by atoms with E-state index in [-0.39, 0.29) is 6.04 Å². The van der Waals surface area contributed by atoms with Crippen molar-refractivity contribution in [2.45, 2.75) is 19.4 Å². The molecule has 1 aromatic rings. The van der Waals surface area contributed by atoms with Crippen LogP contribution in [0.2, 0.25) is 0 Å². The highest BCUT2D eigenvalue weighted by atomic mass is 16.3. The number of anilines is 1. The SMILES string of the molecule is CCNC1CCNc2cccc(O)c21. The van der Waals surface area contributed by atoms with E-state index in [1.54, 1.807) is 6.07 Å². The summed E-state index contributed by atoms with van der Waals surface area (Å²) in [5.74, 6) is 0.389. The Morgan fingerprint density at radius 2 is 2.43 bits per heavy atom. The Bertz CT molecular complexity index is 325. The van der Waals surface area contributed by atoms with Crippen molar-refractivity contribution in [2.75, 3.05) is 18.4 Å². The van der Waals surface area contributed by atoms with Gasteiger partial charge >= 0.3 is 0 Å². The molecule has 0 radical (unpaired) electrons. The molecule has 0 saturated heterocycles. The van der Waals surface area contributed by atoms with Gasteiger partial charge in [0.1, 0.15) is 5.75 Å². The minimum Gasteiger partial charge on any atom is -0.508 e. The smallest absolute Gasteiger partial charge is 0.122 e. The molecule has 76 valence electrons. The van der Waals surface area contributed by atoms with Crippen LogP contribution >= 0.6 is 0 Å². The molecule has 3 N–H and O–H groups in total. The van der Waals surface area contributed by atoms with Crippen molar-refractivity contribution >= 4 is 5.69 Å². The predicted molar refractivity (Wildman–Crippen MR) is 57.6 cm³/mol. The summed E-state index contributed by atoms with van der Waals surface area (Å²) in [6, 6.07) is 5.92. The standard InChI is InChI=1S/C11H16N2O/c1-2-12-9-6-7-13-8-4-3-5-10(14)11(8)9/h3-5,9,12-14H,2,6-7H2,1H3. The molecule has 0 spiro atoms. The largest absolute Gasteiger partial charge is 0.508 e. The highest BCUT2D eigenvalue weighted by molar-refractivity contribution is 5.60. The molecule has 3 nitrogen and oxygen atoms in total. The Morgan fingerprint density at radius 1 is 1.57 bits per heavy atom. The number of hydrogen-bond donors (Lipinski definition) is 3. The van der Waals surface area contributed by atoms with E-state index < -0.39 is 0 Å². The van der Waals surface area contributed by atoms with Crippen molar-refractivity contribution in [3.8, 4) is 5.75 Å². The van der Waals surface area contributed by atoms with Crippen LogP contribution in [0.4, 0.5) is 5.69 Å². The van der Waals surface area contributed by atoms with Crippen LogP contribution in [-0.2, 0) is 0 Å². The molecule has 0 aliphatic carbocycles. The first-order valence-electron chi connectivity index (χ1n) is 5.12. The van der Waals surface area contributed by atoms with Gasteiger partial charge in [0, 0.05) is 23.8 Å². The lowest BCUT2D eigenvalue weighted by Gasteiger charge is -2.27. The number of phenolic OH excluding ortho intramolecular Hbond substituents is 1. The first-order valence-corrected chi connectivity index (χ1v) is 5.12. The van der Waals surface area contributed by atoms with E-state index in [2.05, 4.69) is 17.6 Å². The normalized spacial score (nSPS) is 19.9. The average Bonchev–Trinajstić information content (AvgIpc) is 2.19. The van der Waals surface area contributed by atoms with E-state index in [1.807, 2.05) is 12.1 Å². The second-order valence-corrected chi connectivity index (χ2v) is 3.56. The molecule has 2 rings (SSSR count). The van der Waals surface area contributed by atoms with Gasteiger partial charge in [0.15, 0.2) is 0 Å². The van der Waals surface area contributed by atoms with Gasteiger partial charge in [-0.2, -0.15) is 0 Å². The summed E-state index contributed by atoms with van der Waals surface area (Å²) in [7, 11) is 0. The van der Waals surface area contributed by atoms with Gasteiger partial charge in [-0.3, -0.25) is 0 Å². The van der Waals surface area contributed by atoms with Crippen LogP contribution in [0.1, 0.15) is 24.9 Å². The van der Waals surface area contributed by atoms with Gasteiger partial charge in [0.05, 0.1) is 0 Å². The van der Waals surface area contributed by atoms with E-state index in [0.717, 1.165) is 30.8 Å². The van der Waals surface area contributed by atoms with Crippen molar-refractivity contribution in [2.24, 2.45) is 0 Å². The second kappa shape index (κ2) is 3.88. The maximum Gasteiger partial charge on any atom is 0.122 e. The molecule has 1 atom stereocenters. The number of rotatable bonds is 2. The quantitative estimate of drug-likeness (QED) is 0.670. The van der Waals surface area contributed by atoms with Crippen LogP contribution in [0, 0.1) is 0 Å². The molecule has 1 aromatic carbocycles. The van der Waals surface area contributed by atoms with Gasteiger partial charge in [0.25, 0.3) is 0 Å². The summed E-state index contributed by atoms with van der Waals surface area (Å²) in [6.45, 7) is 3.98. The number of phenols is 1. The summed E-state index contributed by atoms with van der Waals surface area (Å²) < 4.78 is 0. The molecule has 0 amide bonds. The fourth-order valence-corrected chi connectivity index (χ4v) is 2.02. The molecule has 1 aliphatic heterocycles. The van der Waals surface area contributed by atoms with Crippen LogP contribution in [0.15, 0.2) is 18.2 Å². The zero-order valence-electron chi connectivity index (χ0n) is 8.38. The average molecular weight is 192 g/mol. The van der Waals surface area contributed by atoms with Crippen LogP contribution in [0.5, 0.6) is 5.75 Å². The highest BCUT2D eigenvalue weighted by Gasteiger charge is 2.21. The van der Waals surface area contributed by atoms with Crippen LogP contribution < -0.4 is 10.6 Å². The monoisotopic (exact) mass is 192 g/mol. The first-order chi connectivity index (χ1) is 6.83. The van der Waals surface area contributed by atoms with Crippen molar-refractivity contribution in [3.63, 3.8) is 0 Å². The fourth-order valence-electron chi connectivity index (χ4n) is 2.02. The number of hydrogen-bond acceptors (Lipinski definition) is 3. The lowest BCUT2D eigenvalue weighted by Crippen LogP contribution is -2.28. The zero-order valence-corrected chi connectivity index (χ0v) is 8.38. The fraction of sp³-hybridized carbons (Fsp3) is 0.455. The number of benzene rings is 1. The van der Waals surface area contributed by atoms with Gasteiger partial charge in [0.2, 0.25) is 0 Å². The molecule has 0 bridgehead atoms. The molecular formula is C11H16N2O. The summed E-state index contributed by atoms with van der Waals surface area (Å²) in [5.41, 5.74) is 2.07. The lowest BCUT2D eigenvalue weighted by atomic mass is 9.97. The molecule has 1 aliphatic rings. The Hall–Kier alpha value is -1.22. The number of nitrogens with one attached hydrogen (secondary N) is 2. The summed E-state index contributed by atoms with van der Waals surface area (Å²) >= 11 is 0. The van der Waals surface area contributed by atoms with Crippen molar-refractivity contribution in [1.29, 1.82) is 0 Å². The summed E-state index contributed by atoms with van der Waals surface area (Å²) in [4.78, 5) is 0. The highest BCUT2D eigenvalue weighted by Crippen LogP contribution is 2.35. The molecule has 0 saturated carbocycles. The lowest BCUT2D eigenvalue weighted by molar-refractivity contribution is 0.439. The Labute approximate surface area is 84.1 Å². The Balaban J connectivity index is 2.36. The van der Waals surface area contributed by atoms with E-state index in [1.165, 1.54) is 0 Å². The Kier molecular flexibility index (Phi) is 2.59. The minimum absolute atomic E-state index is 0.289. The third-order valence-electron chi connectivity index (χ3n) is 2.63. The minimum atomic E-state index is 0.289. The topological polar surface area (TPSA) is 44.3 Å². The van der Waals surface area contributed by atoms with E-state index in [9.17, 15) is 5.11 Å². The van der Waals surface area contributed by atoms with E-state index in [4.69, 9.17) is 0 Å². The third kappa shape index (κ3) is 1.55. The van der Waals surface area contributed by atoms with Gasteiger partial charge in [-0.25, -0.2) is 0 Å². The number of fused-ring (bicyclic) bond motifs is 1. The van der Waals surface area contributed by atoms with Gasteiger partial charge in [-0.1, -0.05) is 13.0 Å². The van der Waals surface area contributed by atoms with Crippen LogP contribution in [0.3, 0.4) is 0 Å². The van der Waals surface area contributed by atoms with Crippen LogP contribution in [0.25, 0.3) is 0 Å². The second-order valence-electron chi connectivity index (χ2n) is 3.56. The van der Waals surface area contributed by atoms with Crippen LogP contribution in [-0.4, -0.2) is 18.2 Å².